The van der Waals surface area contributed by atoms with Gasteiger partial charge in [-0.3, -0.25) is 19.7 Å². The molecule has 0 fully saturated rings. The van der Waals surface area contributed by atoms with Gasteiger partial charge in [-0.05, 0) is 32.9 Å². The van der Waals surface area contributed by atoms with Gasteiger partial charge in [0.2, 0.25) is 5.75 Å². The standard InChI is InChI=1S/C12H13NO5/c1-12(2,3)11(15)18-10-5-4-8(7-14)6-9(10)13(16)17/h4-7H,1-3H3. The molecule has 0 saturated carbocycles. The monoisotopic (exact) mass is 251 g/mol. The van der Waals surface area contributed by atoms with Crippen molar-refractivity contribution in [1.82, 2.24) is 0 Å². The molecule has 6 heteroatoms. The minimum atomic E-state index is -0.767. The summed E-state index contributed by atoms with van der Waals surface area (Å²) in [6.45, 7) is 4.92. The molecule has 0 N–H and O–H groups in total. The SMILES string of the molecule is CC(C)(C)C(=O)Oc1ccc(C=O)cc1[N+](=O)[O-]. The van der Waals surface area contributed by atoms with Gasteiger partial charge in [-0.1, -0.05) is 0 Å². The molecule has 0 aliphatic rings. The van der Waals surface area contributed by atoms with Crippen LogP contribution in [0.3, 0.4) is 0 Å². The summed E-state index contributed by atoms with van der Waals surface area (Å²) in [5.41, 5.74) is -1.02. The summed E-state index contributed by atoms with van der Waals surface area (Å²) in [6.07, 6.45) is 0.488. The van der Waals surface area contributed by atoms with E-state index in [1.807, 2.05) is 0 Å². The van der Waals surface area contributed by atoms with Crippen LogP contribution < -0.4 is 4.74 Å². The normalized spacial score (nSPS) is 10.8. The topological polar surface area (TPSA) is 86.5 Å². The lowest BCUT2D eigenvalue weighted by Crippen LogP contribution is -2.25. The van der Waals surface area contributed by atoms with Crippen molar-refractivity contribution in [3.05, 3.63) is 33.9 Å². The van der Waals surface area contributed by atoms with Crippen LogP contribution in [0.1, 0.15) is 31.1 Å². The summed E-state index contributed by atoms with van der Waals surface area (Å²) >= 11 is 0. The molecule has 0 radical (unpaired) electrons. The van der Waals surface area contributed by atoms with Crippen LogP contribution in [0.25, 0.3) is 0 Å². The van der Waals surface area contributed by atoms with Crippen molar-refractivity contribution in [2.24, 2.45) is 5.41 Å². The Hall–Kier alpha value is -2.24. The number of benzene rings is 1. The van der Waals surface area contributed by atoms with E-state index in [9.17, 15) is 19.7 Å². The number of hydrogen-bond acceptors (Lipinski definition) is 5. The van der Waals surface area contributed by atoms with Gasteiger partial charge in [0.1, 0.15) is 6.29 Å². The number of esters is 1. The van der Waals surface area contributed by atoms with Gasteiger partial charge < -0.3 is 4.74 Å². The third kappa shape index (κ3) is 3.13. The van der Waals surface area contributed by atoms with E-state index in [0.29, 0.717) is 6.29 Å². The maximum atomic E-state index is 11.6. The summed E-state index contributed by atoms with van der Waals surface area (Å²) in [5, 5.41) is 10.8. The summed E-state index contributed by atoms with van der Waals surface area (Å²) in [5.74, 6) is -0.741. The smallest absolute Gasteiger partial charge is 0.316 e. The van der Waals surface area contributed by atoms with Crippen molar-refractivity contribution >= 4 is 17.9 Å². The van der Waals surface area contributed by atoms with Crippen LogP contribution in [0.5, 0.6) is 5.75 Å². The molecule has 0 aliphatic heterocycles. The average molecular weight is 251 g/mol. The van der Waals surface area contributed by atoms with Crippen molar-refractivity contribution in [3.63, 3.8) is 0 Å². The third-order valence-electron chi connectivity index (χ3n) is 2.13. The van der Waals surface area contributed by atoms with Crippen molar-refractivity contribution in [2.75, 3.05) is 0 Å². The second kappa shape index (κ2) is 4.95. The molecule has 0 heterocycles. The van der Waals surface area contributed by atoms with Gasteiger partial charge in [0, 0.05) is 11.6 Å². The highest BCUT2D eigenvalue weighted by molar-refractivity contribution is 5.81. The van der Waals surface area contributed by atoms with Crippen LogP contribution in [-0.4, -0.2) is 17.2 Å². The Balaban J connectivity index is 3.13. The minimum absolute atomic E-state index is 0.150. The van der Waals surface area contributed by atoms with Crippen molar-refractivity contribution in [3.8, 4) is 5.75 Å². The molecule has 0 aromatic heterocycles. The third-order valence-corrected chi connectivity index (χ3v) is 2.13. The number of nitro groups is 1. The zero-order valence-electron chi connectivity index (χ0n) is 10.3. The van der Waals surface area contributed by atoms with Gasteiger partial charge in [0.25, 0.3) is 0 Å². The zero-order valence-corrected chi connectivity index (χ0v) is 10.3. The Morgan fingerprint density at radius 2 is 2.00 bits per heavy atom. The summed E-state index contributed by atoms with van der Waals surface area (Å²) in [4.78, 5) is 32.3. The van der Waals surface area contributed by atoms with E-state index in [1.54, 1.807) is 20.8 Å². The lowest BCUT2D eigenvalue weighted by molar-refractivity contribution is -0.385. The molecular formula is C12H13NO5. The van der Waals surface area contributed by atoms with Crippen molar-refractivity contribution in [1.29, 1.82) is 0 Å². The van der Waals surface area contributed by atoms with Gasteiger partial charge >= 0.3 is 11.7 Å². The average Bonchev–Trinajstić information content (AvgIpc) is 2.27. The van der Waals surface area contributed by atoms with Crippen LogP contribution >= 0.6 is 0 Å². The molecule has 0 unspecified atom stereocenters. The lowest BCUT2D eigenvalue weighted by Gasteiger charge is -2.16. The quantitative estimate of drug-likeness (QED) is 0.270. The summed E-state index contributed by atoms with van der Waals surface area (Å²) < 4.78 is 4.97. The predicted octanol–water partition coefficient (Wildman–Crippen LogP) is 2.36. The van der Waals surface area contributed by atoms with E-state index in [2.05, 4.69) is 0 Å². The summed E-state index contributed by atoms with van der Waals surface area (Å²) in [7, 11) is 0. The van der Waals surface area contributed by atoms with Crippen LogP contribution in [-0.2, 0) is 4.79 Å². The molecule has 96 valence electrons. The second-order valence-electron chi connectivity index (χ2n) is 4.74. The van der Waals surface area contributed by atoms with Crippen LogP contribution in [0.4, 0.5) is 5.69 Å². The van der Waals surface area contributed by atoms with E-state index >= 15 is 0 Å². The van der Waals surface area contributed by atoms with Crippen LogP contribution in [0, 0.1) is 15.5 Å². The fourth-order valence-corrected chi connectivity index (χ4v) is 1.09. The number of hydrogen-bond donors (Lipinski definition) is 0. The molecule has 1 aromatic carbocycles. The van der Waals surface area contributed by atoms with E-state index in [0.717, 1.165) is 6.07 Å². The number of carbonyl (C=O) groups is 2. The largest absolute Gasteiger partial charge is 0.419 e. The molecule has 18 heavy (non-hydrogen) atoms. The molecule has 0 saturated heterocycles. The van der Waals surface area contributed by atoms with Crippen molar-refractivity contribution < 1.29 is 19.2 Å². The fourth-order valence-electron chi connectivity index (χ4n) is 1.09. The van der Waals surface area contributed by atoms with Gasteiger partial charge in [0.05, 0.1) is 10.3 Å². The number of nitrogens with zero attached hydrogens (tertiary/aromatic N) is 1. The zero-order chi connectivity index (χ0) is 13.9. The molecule has 0 atom stereocenters. The lowest BCUT2D eigenvalue weighted by atomic mass is 9.97. The minimum Gasteiger partial charge on any atom is -0.419 e. The Morgan fingerprint density at radius 1 is 1.39 bits per heavy atom. The first-order valence-corrected chi connectivity index (χ1v) is 5.21. The Labute approximate surface area is 104 Å². The van der Waals surface area contributed by atoms with Gasteiger partial charge in [-0.2, -0.15) is 0 Å². The summed E-state index contributed by atoms with van der Waals surface area (Å²) in [6, 6.07) is 3.66. The van der Waals surface area contributed by atoms with Crippen LogP contribution in [0.15, 0.2) is 18.2 Å². The highest BCUT2D eigenvalue weighted by Crippen LogP contribution is 2.29. The Morgan fingerprint density at radius 3 is 2.44 bits per heavy atom. The number of aldehydes is 1. The number of carbonyl (C=O) groups excluding carboxylic acids is 2. The predicted molar refractivity (Wildman–Crippen MR) is 63.6 cm³/mol. The van der Waals surface area contributed by atoms with Crippen LogP contribution in [0.2, 0.25) is 0 Å². The molecule has 0 amide bonds. The number of rotatable bonds is 3. The molecule has 6 nitrogen and oxygen atoms in total. The first-order chi connectivity index (χ1) is 8.25. The number of nitro benzene ring substituents is 1. The number of ether oxygens (including phenoxy) is 1. The van der Waals surface area contributed by atoms with Gasteiger partial charge in [-0.15, -0.1) is 0 Å². The van der Waals surface area contributed by atoms with E-state index in [-0.39, 0.29) is 11.3 Å². The second-order valence-corrected chi connectivity index (χ2v) is 4.74. The fraction of sp³-hybridized carbons (Fsp3) is 0.333. The first-order valence-electron chi connectivity index (χ1n) is 5.21. The maximum Gasteiger partial charge on any atom is 0.316 e. The molecule has 1 rings (SSSR count). The highest BCUT2D eigenvalue weighted by Gasteiger charge is 2.27. The molecule has 0 aliphatic carbocycles. The highest BCUT2D eigenvalue weighted by atomic mass is 16.6. The molecule has 0 bridgehead atoms. The molecular weight excluding hydrogens is 238 g/mol. The Bertz CT molecular complexity index is 502. The maximum absolute atomic E-state index is 11.6. The van der Waals surface area contributed by atoms with Crippen molar-refractivity contribution in [2.45, 2.75) is 20.8 Å². The van der Waals surface area contributed by atoms with Gasteiger partial charge in [0.15, 0.2) is 0 Å². The molecule has 1 aromatic rings. The van der Waals surface area contributed by atoms with E-state index in [4.69, 9.17) is 4.74 Å². The van der Waals surface area contributed by atoms with Gasteiger partial charge in [-0.25, -0.2) is 0 Å². The van der Waals surface area contributed by atoms with E-state index < -0.39 is 22.0 Å². The van der Waals surface area contributed by atoms with E-state index in [1.165, 1.54) is 12.1 Å². The molecule has 0 spiro atoms. The Kier molecular flexibility index (Phi) is 3.80. The first kappa shape index (κ1) is 13.8.